The second-order valence-corrected chi connectivity index (χ2v) is 4.55. The molecule has 2 N–H and O–H groups in total. The normalized spacial score (nSPS) is 16.2. The highest BCUT2D eigenvalue weighted by Gasteiger charge is 2.12. The van der Waals surface area contributed by atoms with Crippen molar-refractivity contribution in [3.8, 4) is 0 Å². The Morgan fingerprint density at radius 2 is 2.21 bits per heavy atom. The lowest BCUT2D eigenvalue weighted by molar-refractivity contribution is -0.384. The van der Waals surface area contributed by atoms with E-state index in [2.05, 4.69) is 10.6 Å². The molecule has 0 radical (unpaired) electrons. The first-order valence-corrected chi connectivity index (χ1v) is 6.56. The summed E-state index contributed by atoms with van der Waals surface area (Å²) in [5, 5.41) is 17.1. The van der Waals surface area contributed by atoms with E-state index in [1.165, 1.54) is 12.1 Å². The van der Waals surface area contributed by atoms with Gasteiger partial charge in [0.25, 0.3) is 5.69 Å². The van der Waals surface area contributed by atoms with E-state index in [0.717, 1.165) is 31.6 Å². The predicted molar refractivity (Wildman–Crippen MR) is 73.4 cm³/mol. The van der Waals surface area contributed by atoms with Gasteiger partial charge < -0.3 is 15.4 Å². The minimum Gasteiger partial charge on any atom is -0.383 e. The molecule has 1 fully saturated rings. The van der Waals surface area contributed by atoms with Gasteiger partial charge in [0.1, 0.15) is 0 Å². The van der Waals surface area contributed by atoms with E-state index < -0.39 is 4.92 Å². The minimum absolute atomic E-state index is 0.101. The summed E-state index contributed by atoms with van der Waals surface area (Å²) >= 11 is 0. The summed E-state index contributed by atoms with van der Waals surface area (Å²) in [5.74, 6) is 0. The molecule has 104 valence electrons. The Morgan fingerprint density at radius 1 is 1.42 bits per heavy atom. The molecule has 0 atom stereocenters. The fourth-order valence-corrected chi connectivity index (χ4v) is 2.11. The van der Waals surface area contributed by atoms with Crippen LogP contribution in [0.15, 0.2) is 24.3 Å². The third kappa shape index (κ3) is 4.50. The second kappa shape index (κ2) is 7.06. The average Bonchev–Trinajstić information content (AvgIpc) is 2.45. The Kier molecular flexibility index (Phi) is 5.11. The van der Waals surface area contributed by atoms with Gasteiger partial charge in [-0.15, -0.1) is 0 Å². The van der Waals surface area contributed by atoms with Crippen LogP contribution in [0.25, 0.3) is 0 Å². The Hall–Kier alpha value is -1.66. The van der Waals surface area contributed by atoms with Crippen LogP contribution in [0.4, 0.5) is 11.4 Å². The zero-order valence-electron chi connectivity index (χ0n) is 10.8. The molecule has 1 aliphatic heterocycles. The van der Waals surface area contributed by atoms with Crippen LogP contribution in [0.3, 0.4) is 0 Å². The Labute approximate surface area is 112 Å². The molecule has 0 aromatic heterocycles. The molecule has 0 spiro atoms. The number of rotatable bonds is 6. The number of ether oxygens (including phenoxy) is 1. The summed E-state index contributed by atoms with van der Waals surface area (Å²) in [5.41, 5.74) is 0.854. The second-order valence-electron chi connectivity index (χ2n) is 4.55. The van der Waals surface area contributed by atoms with Crippen LogP contribution in [0.2, 0.25) is 0 Å². The fraction of sp³-hybridized carbons (Fsp3) is 0.538. The molecule has 1 heterocycles. The zero-order valence-corrected chi connectivity index (χ0v) is 10.8. The lowest BCUT2D eigenvalue weighted by atomic mass is 10.1. The average molecular weight is 265 g/mol. The SMILES string of the molecule is O=[N+]([O-])c1cccc(NCCOC2CCNCC2)c1. The Balaban J connectivity index is 1.70. The van der Waals surface area contributed by atoms with Crippen molar-refractivity contribution < 1.29 is 9.66 Å². The molecule has 6 heteroatoms. The van der Waals surface area contributed by atoms with E-state index >= 15 is 0 Å². The molecular weight excluding hydrogens is 246 g/mol. The van der Waals surface area contributed by atoms with Gasteiger partial charge in [0.05, 0.1) is 17.6 Å². The van der Waals surface area contributed by atoms with Crippen molar-refractivity contribution in [3.63, 3.8) is 0 Å². The molecule has 6 nitrogen and oxygen atoms in total. The van der Waals surface area contributed by atoms with Crippen molar-refractivity contribution >= 4 is 11.4 Å². The van der Waals surface area contributed by atoms with Gasteiger partial charge >= 0.3 is 0 Å². The molecule has 0 amide bonds. The molecule has 1 aliphatic rings. The van der Waals surface area contributed by atoms with Gasteiger partial charge in [-0.1, -0.05) is 6.07 Å². The van der Waals surface area contributed by atoms with E-state index in [0.29, 0.717) is 19.3 Å². The van der Waals surface area contributed by atoms with Gasteiger partial charge in [-0.3, -0.25) is 10.1 Å². The number of hydrogen-bond donors (Lipinski definition) is 2. The van der Waals surface area contributed by atoms with Crippen LogP contribution in [0.5, 0.6) is 0 Å². The van der Waals surface area contributed by atoms with Crippen LogP contribution in [0, 0.1) is 10.1 Å². The first-order chi connectivity index (χ1) is 9.25. The quantitative estimate of drug-likeness (QED) is 0.466. The highest BCUT2D eigenvalue weighted by atomic mass is 16.6. The third-order valence-electron chi connectivity index (χ3n) is 3.13. The molecule has 0 aliphatic carbocycles. The molecule has 1 saturated heterocycles. The summed E-state index contributed by atoms with van der Waals surface area (Å²) in [6.07, 6.45) is 2.45. The molecular formula is C13H19N3O3. The summed E-state index contributed by atoms with van der Waals surface area (Å²) in [4.78, 5) is 10.2. The predicted octanol–water partition coefficient (Wildman–Crippen LogP) is 1.78. The van der Waals surface area contributed by atoms with E-state index in [-0.39, 0.29) is 5.69 Å². The number of hydrogen-bond acceptors (Lipinski definition) is 5. The van der Waals surface area contributed by atoms with E-state index in [1.54, 1.807) is 6.07 Å². The van der Waals surface area contributed by atoms with Gasteiger partial charge in [0, 0.05) is 24.4 Å². The Morgan fingerprint density at radius 3 is 2.95 bits per heavy atom. The van der Waals surface area contributed by atoms with Crippen LogP contribution in [-0.4, -0.2) is 37.3 Å². The Bertz CT molecular complexity index is 419. The highest BCUT2D eigenvalue weighted by molar-refractivity contribution is 5.50. The highest BCUT2D eigenvalue weighted by Crippen LogP contribution is 2.16. The maximum Gasteiger partial charge on any atom is 0.271 e. The number of benzene rings is 1. The van der Waals surface area contributed by atoms with Crippen molar-refractivity contribution in [2.45, 2.75) is 18.9 Å². The van der Waals surface area contributed by atoms with Gasteiger partial charge in [-0.05, 0) is 32.0 Å². The van der Waals surface area contributed by atoms with Gasteiger partial charge in [-0.25, -0.2) is 0 Å². The van der Waals surface area contributed by atoms with E-state index in [1.807, 2.05) is 6.07 Å². The maximum absolute atomic E-state index is 10.6. The molecule has 1 aromatic rings. The van der Waals surface area contributed by atoms with Crippen molar-refractivity contribution in [1.82, 2.24) is 5.32 Å². The molecule has 0 saturated carbocycles. The monoisotopic (exact) mass is 265 g/mol. The molecule has 0 unspecified atom stereocenters. The van der Waals surface area contributed by atoms with Crippen LogP contribution >= 0.6 is 0 Å². The first kappa shape index (κ1) is 13.8. The van der Waals surface area contributed by atoms with Gasteiger partial charge in [0.2, 0.25) is 0 Å². The lowest BCUT2D eigenvalue weighted by Gasteiger charge is -2.23. The number of nitro benzene ring substituents is 1. The lowest BCUT2D eigenvalue weighted by Crippen LogP contribution is -2.33. The van der Waals surface area contributed by atoms with Crippen molar-refractivity contribution in [2.24, 2.45) is 0 Å². The number of anilines is 1. The van der Waals surface area contributed by atoms with Gasteiger partial charge in [-0.2, -0.15) is 0 Å². The topological polar surface area (TPSA) is 76.4 Å². The van der Waals surface area contributed by atoms with Crippen molar-refractivity contribution in [2.75, 3.05) is 31.6 Å². The summed E-state index contributed by atoms with van der Waals surface area (Å²) in [6.45, 7) is 3.31. The van der Waals surface area contributed by atoms with Gasteiger partial charge in [0.15, 0.2) is 0 Å². The maximum atomic E-state index is 10.6. The standard InChI is InChI=1S/C13H19N3O3/c17-16(18)12-3-1-2-11(10-12)15-8-9-19-13-4-6-14-7-5-13/h1-3,10,13-15H,4-9H2. The van der Waals surface area contributed by atoms with Crippen LogP contribution < -0.4 is 10.6 Å². The van der Waals surface area contributed by atoms with Crippen LogP contribution in [0.1, 0.15) is 12.8 Å². The van der Waals surface area contributed by atoms with Crippen molar-refractivity contribution in [1.29, 1.82) is 0 Å². The number of nitro groups is 1. The molecule has 0 bridgehead atoms. The van der Waals surface area contributed by atoms with Crippen molar-refractivity contribution in [3.05, 3.63) is 34.4 Å². The minimum atomic E-state index is -0.392. The fourth-order valence-electron chi connectivity index (χ4n) is 2.11. The first-order valence-electron chi connectivity index (χ1n) is 6.56. The molecule has 1 aromatic carbocycles. The van der Waals surface area contributed by atoms with E-state index in [4.69, 9.17) is 4.74 Å². The zero-order chi connectivity index (χ0) is 13.5. The number of nitrogens with one attached hydrogen (secondary N) is 2. The smallest absolute Gasteiger partial charge is 0.271 e. The molecule has 2 rings (SSSR count). The molecule has 19 heavy (non-hydrogen) atoms. The van der Waals surface area contributed by atoms with E-state index in [9.17, 15) is 10.1 Å². The third-order valence-corrected chi connectivity index (χ3v) is 3.13. The largest absolute Gasteiger partial charge is 0.383 e. The number of non-ortho nitro benzene ring substituents is 1. The van der Waals surface area contributed by atoms with Crippen LogP contribution in [-0.2, 0) is 4.74 Å². The number of piperidine rings is 1. The summed E-state index contributed by atoms with van der Waals surface area (Å²) in [6, 6.07) is 6.51. The summed E-state index contributed by atoms with van der Waals surface area (Å²) in [7, 11) is 0. The number of nitrogens with zero attached hydrogens (tertiary/aromatic N) is 1. The summed E-state index contributed by atoms with van der Waals surface area (Å²) < 4.78 is 5.75.